The van der Waals surface area contributed by atoms with Gasteiger partial charge < -0.3 is 4.90 Å². The summed E-state index contributed by atoms with van der Waals surface area (Å²) in [5.74, 6) is -0.487. The normalized spacial score (nSPS) is 12.0. The van der Waals surface area contributed by atoms with E-state index in [2.05, 4.69) is 0 Å². The number of rotatable bonds is 8. The van der Waals surface area contributed by atoms with Crippen LogP contribution in [0.4, 0.5) is 13.2 Å². The summed E-state index contributed by atoms with van der Waals surface area (Å²) in [6.45, 7) is 5.57. The van der Waals surface area contributed by atoms with Crippen molar-refractivity contribution in [3.8, 4) is 0 Å². The molecule has 1 aromatic rings. The highest BCUT2D eigenvalue weighted by atomic mass is 19.4. The maximum absolute atomic E-state index is 12.7. The summed E-state index contributed by atoms with van der Waals surface area (Å²) in [6.07, 6.45) is -4.37. The van der Waals surface area contributed by atoms with Gasteiger partial charge in [0.1, 0.15) is 6.54 Å². The van der Waals surface area contributed by atoms with Gasteiger partial charge in [0.25, 0.3) is 0 Å². The summed E-state index contributed by atoms with van der Waals surface area (Å²) in [7, 11) is 0. The van der Waals surface area contributed by atoms with Crippen molar-refractivity contribution >= 4 is 5.91 Å². The zero-order valence-electron chi connectivity index (χ0n) is 13.9. The van der Waals surface area contributed by atoms with Crippen molar-refractivity contribution < 1.29 is 18.0 Å². The van der Waals surface area contributed by atoms with E-state index in [9.17, 15) is 18.0 Å². The van der Waals surface area contributed by atoms with E-state index in [0.29, 0.717) is 13.1 Å². The Morgan fingerprint density at radius 3 is 2.26 bits per heavy atom. The standard InChI is InChI=1S/C17H25F3N2O/c1-4-21(11-15-8-6-5-7-9-15)12-16(23)22(10-14(2)3)13-17(18,19)20/h5-9,14H,4,10-13H2,1-3H3. The second-order valence-corrected chi connectivity index (χ2v) is 6.07. The van der Waals surface area contributed by atoms with Gasteiger partial charge in [-0.2, -0.15) is 13.2 Å². The van der Waals surface area contributed by atoms with Gasteiger partial charge in [0, 0.05) is 13.1 Å². The number of benzene rings is 1. The predicted molar refractivity (Wildman–Crippen MR) is 84.9 cm³/mol. The van der Waals surface area contributed by atoms with Gasteiger partial charge in [-0.1, -0.05) is 51.1 Å². The molecule has 6 heteroatoms. The maximum atomic E-state index is 12.7. The van der Waals surface area contributed by atoms with Crippen LogP contribution in [-0.4, -0.2) is 48.1 Å². The minimum atomic E-state index is -4.37. The molecule has 0 bridgehead atoms. The third kappa shape index (κ3) is 8.02. The fourth-order valence-corrected chi connectivity index (χ4v) is 2.32. The van der Waals surface area contributed by atoms with Crippen LogP contribution in [-0.2, 0) is 11.3 Å². The molecule has 23 heavy (non-hydrogen) atoms. The number of alkyl halides is 3. The van der Waals surface area contributed by atoms with Crippen molar-refractivity contribution in [3.63, 3.8) is 0 Å². The van der Waals surface area contributed by atoms with E-state index in [4.69, 9.17) is 0 Å². The molecule has 1 amide bonds. The first kappa shape index (κ1) is 19.5. The van der Waals surface area contributed by atoms with Crippen LogP contribution in [0.2, 0.25) is 0 Å². The summed E-state index contributed by atoms with van der Waals surface area (Å²) < 4.78 is 38.0. The summed E-state index contributed by atoms with van der Waals surface area (Å²) in [4.78, 5) is 15.1. The number of halogens is 3. The molecule has 0 fully saturated rings. The molecule has 0 spiro atoms. The quantitative estimate of drug-likeness (QED) is 0.728. The minimum Gasteiger partial charge on any atom is -0.332 e. The molecule has 0 aromatic heterocycles. The van der Waals surface area contributed by atoms with E-state index in [1.807, 2.05) is 42.2 Å². The number of hydrogen-bond donors (Lipinski definition) is 0. The Hall–Kier alpha value is -1.56. The van der Waals surface area contributed by atoms with E-state index < -0.39 is 18.6 Å². The molecule has 0 heterocycles. The molecule has 0 radical (unpaired) electrons. The summed E-state index contributed by atoms with van der Waals surface area (Å²) >= 11 is 0. The molecule has 0 aliphatic heterocycles. The SMILES string of the molecule is CCN(CC(=O)N(CC(C)C)CC(F)(F)F)Cc1ccccc1. The lowest BCUT2D eigenvalue weighted by molar-refractivity contribution is -0.162. The number of hydrogen-bond acceptors (Lipinski definition) is 2. The average Bonchev–Trinajstić information content (AvgIpc) is 2.45. The van der Waals surface area contributed by atoms with Gasteiger partial charge in [0.05, 0.1) is 6.54 Å². The summed E-state index contributed by atoms with van der Waals surface area (Å²) in [6, 6.07) is 9.58. The van der Waals surface area contributed by atoms with Crippen LogP contribution in [0.1, 0.15) is 26.3 Å². The lowest BCUT2D eigenvalue weighted by Gasteiger charge is -2.28. The summed E-state index contributed by atoms with van der Waals surface area (Å²) in [5, 5.41) is 0. The van der Waals surface area contributed by atoms with Gasteiger partial charge >= 0.3 is 6.18 Å². The molecular weight excluding hydrogens is 305 g/mol. The van der Waals surface area contributed by atoms with Crippen molar-refractivity contribution in [1.82, 2.24) is 9.80 Å². The lowest BCUT2D eigenvalue weighted by Crippen LogP contribution is -2.45. The van der Waals surface area contributed by atoms with Gasteiger partial charge in [-0.15, -0.1) is 0 Å². The zero-order valence-corrected chi connectivity index (χ0v) is 13.9. The van der Waals surface area contributed by atoms with Crippen LogP contribution in [0.15, 0.2) is 30.3 Å². The van der Waals surface area contributed by atoms with E-state index >= 15 is 0 Å². The molecule has 1 aromatic carbocycles. The fourth-order valence-electron chi connectivity index (χ4n) is 2.32. The van der Waals surface area contributed by atoms with Crippen LogP contribution in [0, 0.1) is 5.92 Å². The Morgan fingerprint density at radius 2 is 1.78 bits per heavy atom. The maximum Gasteiger partial charge on any atom is 0.406 e. The third-order valence-corrected chi connectivity index (χ3v) is 3.36. The summed E-state index contributed by atoms with van der Waals surface area (Å²) in [5.41, 5.74) is 1.04. The van der Waals surface area contributed by atoms with Crippen molar-refractivity contribution in [2.45, 2.75) is 33.5 Å². The third-order valence-electron chi connectivity index (χ3n) is 3.36. The molecule has 0 N–H and O–H groups in total. The number of carbonyl (C=O) groups excluding carboxylic acids is 1. The van der Waals surface area contributed by atoms with Gasteiger partial charge in [0.15, 0.2) is 0 Å². The Morgan fingerprint density at radius 1 is 1.17 bits per heavy atom. The van der Waals surface area contributed by atoms with Crippen molar-refractivity contribution in [2.75, 3.05) is 26.2 Å². The number of likely N-dealkylation sites (N-methyl/N-ethyl adjacent to an activating group) is 1. The van der Waals surface area contributed by atoms with Gasteiger partial charge in [-0.05, 0) is 18.0 Å². The van der Waals surface area contributed by atoms with E-state index in [1.165, 1.54) is 0 Å². The van der Waals surface area contributed by atoms with Crippen molar-refractivity contribution in [2.24, 2.45) is 5.92 Å². The predicted octanol–water partition coefficient (Wildman–Crippen LogP) is 3.56. The second-order valence-electron chi connectivity index (χ2n) is 6.07. The molecule has 130 valence electrons. The molecule has 0 unspecified atom stereocenters. The van der Waals surface area contributed by atoms with E-state index in [-0.39, 0.29) is 19.0 Å². The highest BCUT2D eigenvalue weighted by Crippen LogP contribution is 2.18. The Kier molecular flexibility index (Phi) is 7.55. The van der Waals surface area contributed by atoms with Gasteiger partial charge in [-0.25, -0.2) is 0 Å². The first-order valence-corrected chi connectivity index (χ1v) is 7.82. The molecule has 0 saturated carbocycles. The molecule has 3 nitrogen and oxygen atoms in total. The number of amides is 1. The van der Waals surface area contributed by atoms with Crippen LogP contribution >= 0.6 is 0 Å². The Balaban J connectivity index is 2.70. The highest BCUT2D eigenvalue weighted by molar-refractivity contribution is 5.78. The molecular formula is C17H25F3N2O. The first-order valence-electron chi connectivity index (χ1n) is 7.82. The smallest absolute Gasteiger partial charge is 0.332 e. The fraction of sp³-hybridized carbons (Fsp3) is 0.588. The van der Waals surface area contributed by atoms with Crippen LogP contribution in [0.3, 0.4) is 0 Å². The second kappa shape index (κ2) is 8.91. The zero-order chi connectivity index (χ0) is 17.5. The Labute approximate surface area is 136 Å². The van der Waals surface area contributed by atoms with Gasteiger partial charge in [-0.3, -0.25) is 9.69 Å². The van der Waals surface area contributed by atoms with Crippen molar-refractivity contribution in [3.05, 3.63) is 35.9 Å². The molecule has 0 atom stereocenters. The Bertz CT molecular complexity index is 474. The molecule has 1 rings (SSSR count). The number of carbonyl (C=O) groups is 1. The minimum absolute atomic E-state index is 0.00576. The number of nitrogens with zero attached hydrogens (tertiary/aromatic N) is 2. The highest BCUT2D eigenvalue weighted by Gasteiger charge is 2.33. The lowest BCUT2D eigenvalue weighted by atomic mass is 10.2. The molecule has 0 aliphatic carbocycles. The first-order chi connectivity index (χ1) is 10.7. The largest absolute Gasteiger partial charge is 0.406 e. The topological polar surface area (TPSA) is 23.6 Å². The van der Waals surface area contributed by atoms with Crippen LogP contribution < -0.4 is 0 Å². The van der Waals surface area contributed by atoms with Crippen molar-refractivity contribution in [1.29, 1.82) is 0 Å². The average molecular weight is 330 g/mol. The molecule has 0 aliphatic rings. The monoisotopic (exact) mass is 330 g/mol. The van der Waals surface area contributed by atoms with E-state index in [1.54, 1.807) is 13.8 Å². The van der Waals surface area contributed by atoms with Crippen LogP contribution in [0.5, 0.6) is 0 Å². The van der Waals surface area contributed by atoms with E-state index in [0.717, 1.165) is 10.5 Å². The molecule has 0 saturated heterocycles. The van der Waals surface area contributed by atoms with Crippen LogP contribution in [0.25, 0.3) is 0 Å². The van der Waals surface area contributed by atoms with Gasteiger partial charge in [0.2, 0.25) is 5.91 Å².